The van der Waals surface area contributed by atoms with Crippen LogP contribution < -0.4 is 11.1 Å². The number of rotatable bonds is 6. The lowest BCUT2D eigenvalue weighted by molar-refractivity contribution is -0.121. The van der Waals surface area contributed by atoms with Gasteiger partial charge in [0.15, 0.2) is 0 Å². The summed E-state index contributed by atoms with van der Waals surface area (Å²) in [6.07, 6.45) is 2.71. The molecule has 1 fully saturated rings. The van der Waals surface area contributed by atoms with Crippen molar-refractivity contribution in [2.45, 2.75) is 26.2 Å². The van der Waals surface area contributed by atoms with Gasteiger partial charge < -0.3 is 16.0 Å². The maximum absolute atomic E-state index is 11.5. The summed E-state index contributed by atoms with van der Waals surface area (Å²) in [5.41, 5.74) is 5.51. The van der Waals surface area contributed by atoms with Crippen LogP contribution in [0.2, 0.25) is 0 Å². The molecule has 2 atom stereocenters. The molecule has 0 bridgehead atoms. The summed E-state index contributed by atoms with van der Waals surface area (Å²) in [5, 5.41) is 3.02. The van der Waals surface area contributed by atoms with E-state index in [1.165, 1.54) is 6.42 Å². The Morgan fingerprint density at radius 2 is 2.38 bits per heavy atom. The topological polar surface area (TPSA) is 58.4 Å². The molecule has 2 unspecified atom stereocenters. The summed E-state index contributed by atoms with van der Waals surface area (Å²) >= 11 is 0. The molecule has 0 aromatic carbocycles. The van der Waals surface area contributed by atoms with Gasteiger partial charge in [0.05, 0.1) is 0 Å². The molecule has 1 heterocycles. The fourth-order valence-corrected chi connectivity index (χ4v) is 2.03. The van der Waals surface area contributed by atoms with E-state index >= 15 is 0 Å². The van der Waals surface area contributed by atoms with Crippen LogP contribution in [0, 0.1) is 11.8 Å². The lowest BCUT2D eigenvalue weighted by atomic mass is 10.1. The van der Waals surface area contributed by atoms with E-state index < -0.39 is 0 Å². The number of nitrogens with zero attached hydrogens (tertiary/aromatic N) is 1. The second-order valence-corrected chi connectivity index (χ2v) is 5.10. The normalized spacial score (nSPS) is 23.3. The zero-order valence-electron chi connectivity index (χ0n) is 10.5. The Hall–Kier alpha value is -0.610. The number of carbonyl (C=O) groups excluding carboxylic acids is 1. The summed E-state index contributed by atoms with van der Waals surface area (Å²) in [6, 6.07) is 0. The molecule has 3 N–H and O–H groups in total. The second-order valence-electron chi connectivity index (χ2n) is 5.10. The van der Waals surface area contributed by atoms with Gasteiger partial charge in [-0.15, -0.1) is 0 Å². The van der Waals surface area contributed by atoms with E-state index in [1.807, 2.05) is 0 Å². The van der Waals surface area contributed by atoms with Gasteiger partial charge in [0.25, 0.3) is 0 Å². The van der Waals surface area contributed by atoms with Crippen molar-refractivity contribution in [2.75, 3.05) is 33.2 Å². The highest BCUT2D eigenvalue weighted by atomic mass is 16.1. The fourth-order valence-electron chi connectivity index (χ4n) is 2.03. The lowest BCUT2D eigenvalue weighted by Gasteiger charge is -2.12. The Balaban J connectivity index is 2.06. The van der Waals surface area contributed by atoms with Crippen molar-refractivity contribution in [3.8, 4) is 0 Å². The van der Waals surface area contributed by atoms with Crippen LogP contribution in [0.1, 0.15) is 26.2 Å². The minimum atomic E-state index is 0.176. The van der Waals surface area contributed by atoms with Crippen molar-refractivity contribution >= 4 is 5.91 Å². The Morgan fingerprint density at radius 3 is 2.94 bits per heavy atom. The summed E-state index contributed by atoms with van der Waals surface area (Å²) < 4.78 is 0. The molecule has 1 amide bonds. The number of hydrogen-bond acceptors (Lipinski definition) is 3. The molecule has 1 aliphatic rings. The quantitative estimate of drug-likeness (QED) is 0.692. The molecule has 0 aliphatic carbocycles. The summed E-state index contributed by atoms with van der Waals surface area (Å²) in [7, 11) is 2.13. The largest absolute Gasteiger partial charge is 0.356 e. The van der Waals surface area contributed by atoms with Crippen LogP contribution in [-0.2, 0) is 4.79 Å². The Kier molecular flexibility index (Phi) is 5.77. The van der Waals surface area contributed by atoms with Crippen LogP contribution in [0.3, 0.4) is 0 Å². The first kappa shape index (κ1) is 13.5. The van der Waals surface area contributed by atoms with Gasteiger partial charge in [-0.25, -0.2) is 0 Å². The number of amides is 1. The van der Waals surface area contributed by atoms with E-state index in [9.17, 15) is 4.79 Å². The average molecular weight is 227 g/mol. The fraction of sp³-hybridized carbons (Fsp3) is 0.917. The summed E-state index contributed by atoms with van der Waals surface area (Å²) in [4.78, 5) is 13.8. The maximum atomic E-state index is 11.5. The van der Waals surface area contributed by atoms with E-state index in [2.05, 4.69) is 24.2 Å². The third-order valence-corrected chi connectivity index (χ3v) is 3.34. The molecule has 0 saturated carbocycles. The average Bonchev–Trinajstić information content (AvgIpc) is 2.69. The number of nitrogens with one attached hydrogen (secondary N) is 1. The van der Waals surface area contributed by atoms with Crippen LogP contribution in [0.5, 0.6) is 0 Å². The first-order valence-electron chi connectivity index (χ1n) is 6.27. The molecule has 0 radical (unpaired) electrons. The standard InChI is InChI=1S/C12H25N3O/c1-10(7-13)3-4-12(16)14-8-11-5-6-15(2)9-11/h10-11H,3-9,13H2,1-2H3,(H,14,16). The SMILES string of the molecule is CC(CN)CCC(=O)NCC1CCN(C)C1. The predicted octanol–water partition coefficient (Wildman–Crippen LogP) is 0.429. The van der Waals surface area contributed by atoms with Crippen LogP contribution >= 0.6 is 0 Å². The Bertz CT molecular complexity index is 220. The lowest BCUT2D eigenvalue weighted by Crippen LogP contribution is -2.30. The highest BCUT2D eigenvalue weighted by Crippen LogP contribution is 2.13. The van der Waals surface area contributed by atoms with Crippen LogP contribution in [0.15, 0.2) is 0 Å². The van der Waals surface area contributed by atoms with Gasteiger partial charge in [-0.05, 0) is 44.8 Å². The van der Waals surface area contributed by atoms with Gasteiger partial charge in [0.2, 0.25) is 5.91 Å². The van der Waals surface area contributed by atoms with Crippen molar-refractivity contribution in [1.29, 1.82) is 0 Å². The van der Waals surface area contributed by atoms with Crippen molar-refractivity contribution in [1.82, 2.24) is 10.2 Å². The van der Waals surface area contributed by atoms with E-state index in [-0.39, 0.29) is 5.91 Å². The third-order valence-electron chi connectivity index (χ3n) is 3.34. The van der Waals surface area contributed by atoms with Gasteiger partial charge >= 0.3 is 0 Å². The van der Waals surface area contributed by atoms with Gasteiger partial charge in [-0.3, -0.25) is 4.79 Å². The third kappa shape index (κ3) is 4.94. The molecule has 4 heteroatoms. The van der Waals surface area contributed by atoms with Gasteiger partial charge in [-0.1, -0.05) is 6.92 Å². The maximum Gasteiger partial charge on any atom is 0.220 e. The Labute approximate surface area is 98.6 Å². The second kappa shape index (κ2) is 6.86. The van der Waals surface area contributed by atoms with E-state index in [1.54, 1.807) is 0 Å². The molecule has 1 rings (SSSR count). The highest BCUT2D eigenvalue weighted by Gasteiger charge is 2.19. The van der Waals surface area contributed by atoms with Crippen LogP contribution in [0.4, 0.5) is 0 Å². The number of nitrogens with two attached hydrogens (primary N) is 1. The number of likely N-dealkylation sites (tertiary alicyclic amines) is 1. The minimum Gasteiger partial charge on any atom is -0.356 e. The molecular formula is C12H25N3O. The molecule has 0 aromatic heterocycles. The van der Waals surface area contributed by atoms with Crippen LogP contribution in [-0.4, -0.2) is 44.0 Å². The van der Waals surface area contributed by atoms with E-state index in [4.69, 9.17) is 5.73 Å². The van der Waals surface area contributed by atoms with Crippen molar-refractivity contribution in [2.24, 2.45) is 17.6 Å². The zero-order valence-corrected chi connectivity index (χ0v) is 10.5. The van der Waals surface area contributed by atoms with E-state index in [0.717, 1.165) is 26.1 Å². The zero-order chi connectivity index (χ0) is 12.0. The molecule has 0 aromatic rings. The molecule has 0 spiro atoms. The predicted molar refractivity (Wildman–Crippen MR) is 66.1 cm³/mol. The van der Waals surface area contributed by atoms with Crippen molar-refractivity contribution < 1.29 is 4.79 Å². The molecule has 4 nitrogen and oxygen atoms in total. The molecule has 94 valence electrons. The Morgan fingerprint density at radius 1 is 1.62 bits per heavy atom. The molecule has 1 saturated heterocycles. The van der Waals surface area contributed by atoms with E-state index in [0.29, 0.717) is 24.8 Å². The molecule has 16 heavy (non-hydrogen) atoms. The monoisotopic (exact) mass is 227 g/mol. The van der Waals surface area contributed by atoms with Crippen LogP contribution in [0.25, 0.3) is 0 Å². The van der Waals surface area contributed by atoms with Crippen molar-refractivity contribution in [3.05, 3.63) is 0 Å². The highest BCUT2D eigenvalue weighted by molar-refractivity contribution is 5.75. The molecule has 1 aliphatic heterocycles. The summed E-state index contributed by atoms with van der Waals surface area (Å²) in [6.45, 7) is 5.85. The first-order valence-corrected chi connectivity index (χ1v) is 6.27. The smallest absolute Gasteiger partial charge is 0.220 e. The molecular weight excluding hydrogens is 202 g/mol. The van der Waals surface area contributed by atoms with Crippen molar-refractivity contribution in [3.63, 3.8) is 0 Å². The van der Waals surface area contributed by atoms with Gasteiger partial charge in [0.1, 0.15) is 0 Å². The van der Waals surface area contributed by atoms with Gasteiger partial charge in [0, 0.05) is 19.5 Å². The minimum absolute atomic E-state index is 0.176. The first-order chi connectivity index (χ1) is 7.61. The number of hydrogen-bond donors (Lipinski definition) is 2. The summed E-state index contributed by atoms with van der Waals surface area (Å²) in [5.74, 6) is 1.26. The number of carbonyl (C=O) groups is 1. The van der Waals surface area contributed by atoms with Gasteiger partial charge in [-0.2, -0.15) is 0 Å².